The SMILES string of the molecule is N[C@@H](COC1(c2ccccc2)c2ccccc2-c2ccsc21)C(=O)O. The van der Waals surface area contributed by atoms with E-state index in [4.69, 9.17) is 15.6 Å². The molecular formula is C20H17NO3S. The van der Waals surface area contributed by atoms with Gasteiger partial charge in [0.25, 0.3) is 0 Å². The van der Waals surface area contributed by atoms with Crippen LogP contribution in [0.5, 0.6) is 0 Å². The highest BCUT2D eigenvalue weighted by Crippen LogP contribution is 2.55. The molecule has 126 valence electrons. The highest BCUT2D eigenvalue weighted by Gasteiger charge is 2.47. The van der Waals surface area contributed by atoms with Gasteiger partial charge in [-0.1, -0.05) is 54.6 Å². The van der Waals surface area contributed by atoms with Gasteiger partial charge in [0.2, 0.25) is 0 Å². The first-order chi connectivity index (χ1) is 12.1. The van der Waals surface area contributed by atoms with Gasteiger partial charge in [-0.05, 0) is 28.1 Å². The first kappa shape index (κ1) is 16.0. The Morgan fingerprint density at radius 1 is 1.08 bits per heavy atom. The largest absolute Gasteiger partial charge is 0.480 e. The minimum atomic E-state index is -1.07. The van der Waals surface area contributed by atoms with Crippen molar-refractivity contribution in [3.8, 4) is 11.1 Å². The van der Waals surface area contributed by atoms with Crippen molar-refractivity contribution in [2.75, 3.05) is 6.61 Å². The molecule has 0 saturated carbocycles. The summed E-state index contributed by atoms with van der Waals surface area (Å²) in [5.41, 5.74) is 9.15. The van der Waals surface area contributed by atoms with Crippen molar-refractivity contribution >= 4 is 17.3 Å². The van der Waals surface area contributed by atoms with Gasteiger partial charge < -0.3 is 15.6 Å². The second-order valence-electron chi connectivity index (χ2n) is 6.01. The first-order valence-electron chi connectivity index (χ1n) is 8.00. The molecule has 1 aromatic heterocycles. The number of fused-ring (bicyclic) bond motifs is 3. The molecule has 1 unspecified atom stereocenters. The lowest BCUT2D eigenvalue weighted by Gasteiger charge is -2.32. The molecule has 0 fully saturated rings. The van der Waals surface area contributed by atoms with Crippen molar-refractivity contribution < 1.29 is 14.6 Å². The Balaban J connectivity index is 1.92. The molecule has 2 aromatic carbocycles. The molecule has 5 heteroatoms. The molecule has 3 aromatic rings. The van der Waals surface area contributed by atoms with E-state index < -0.39 is 17.6 Å². The molecular weight excluding hydrogens is 334 g/mol. The van der Waals surface area contributed by atoms with E-state index in [1.54, 1.807) is 11.3 Å². The Bertz CT molecular complexity index is 921. The normalized spacial score (nSPS) is 19.2. The summed E-state index contributed by atoms with van der Waals surface area (Å²) in [6.07, 6.45) is 0. The fourth-order valence-corrected chi connectivity index (χ4v) is 4.51. The van der Waals surface area contributed by atoms with Crippen LogP contribution < -0.4 is 5.73 Å². The number of thiophene rings is 1. The number of aliphatic carboxylic acids is 1. The lowest BCUT2D eigenvalue weighted by molar-refractivity contribution is -0.141. The molecule has 0 radical (unpaired) electrons. The molecule has 1 heterocycles. The van der Waals surface area contributed by atoms with Crippen LogP contribution in [0.25, 0.3) is 11.1 Å². The smallest absolute Gasteiger partial charge is 0.322 e. The summed E-state index contributed by atoms with van der Waals surface area (Å²) >= 11 is 1.62. The number of carbonyl (C=O) groups is 1. The number of ether oxygens (including phenoxy) is 1. The molecule has 1 aliphatic rings. The van der Waals surface area contributed by atoms with Gasteiger partial charge >= 0.3 is 5.97 Å². The van der Waals surface area contributed by atoms with E-state index >= 15 is 0 Å². The van der Waals surface area contributed by atoms with Gasteiger partial charge in [-0.15, -0.1) is 11.3 Å². The van der Waals surface area contributed by atoms with Crippen LogP contribution in [0, 0.1) is 0 Å². The first-order valence-corrected chi connectivity index (χ1v) is 8.88. The summed E-state index contributed by atoms with van der Waals surface area (Å²) in [5.74, 6) is -1.07. The summed E-state index contributed by atoms with van der Waals surface area (Å²) in [5, 5.41) is 11.2. The molecule has 4 nitrogen and oxygen atoms in total. The molecule has 4 rings (SSSR count). The minimum absolute atomic E-state index is 0.0735. The van der Waals surface area contributed by atoms with Crippen LogP contribution in [-0.2, 0) is 15.1 Å². The summed E-state index contributed by atoms with van der Waals surface area (Å²) in [6.45, 7) is -0.0735. The maximum atomic E-state index is 11.2. The van der Waals surface area contributed by atoms with Crippen LogP contribution in [0.1, 0.15) is 16.0 Å². The summed E-state index contributed by atoms with van der Waals surface area (Å²) in [4.78, 5) is 12.3. The van der Waals surface area contributed by atoms with E-state index in [1.807, 2.05) is 53.9 Å². The highest BCUT2D eigenvalue weighted by molar-refractivity contribution is 7.10. The number of benzene rings is 2. The van der Waals surface area contributed by atoms with Crippen LogP contribution in [-0.4, -0.2) is 23.7 Å². The number of hydrogen-bond donors (Lipinski definition) is 2. The molecule has 0 aliphatic heterocycles. The Kier molecular flexibility index (Phi) is 3.92. The molecule has 0 saturated heterocycles. The predicted octanol–water partition coefficient (Wildman–Crippen LogP) is 3.45. The quantitative estimate of drug-likeness (QED) is 0.738. The average molecular weight is 351 g/mol. The van der Waals surface area contributed by atoms with E-state index in [-0.39, 0.29) is 6.61 Å². The fourth-order valence-electron chi connectivity index (χ4n) is 3.41. The Hall–Kier alpha value is -2.47. The maximum absolute atomic E-state index is 11.2. The fraction of sp³-hybridized carbons (Fsp3) is 0.150. The van der Waals surface area contributed by atoms with E-state index in [1.165, 1.54) is 0 Å². The van der Waals surface area contributed by atoms with Crippen molar-refractivity contribution in [1.29, 1.82) is 0 Å². The zero-order valence-corrected chi connectivity index (χ0v) is 14.2. The van der Waals surface area contributed by atoms with Crippen molar-refractivity contribution in [2.24, 2.45) is 5.73 Å². The standard InChI is InChI=1S/C20H17NO3S/c21-17(19(22)23)12-24-20(13-6-2-1-3-7-13)16-9-5-4-8-14(16)15-10-11-25-18(15)20/h1-11,17H,12,21H2,(H,22,23)/t17-,20?/m0/s1. The van der Waals surface area contributed by atoms with Gasteiger partial charge in [0.15, 0.2) is 5.60 Å². The summed E-state index contributed by atoms with van der Waals surface area (Å²) in [7, 11) is 0. The second kappa shape index (κ2) is 6.11. The van der Waals surface area contributed by atoms with Gasteiger partial charge in [-0.2, -0.15) is 0 Å². The number of rotatable bonds is 5. The predicted molar refractivity (Wildman–Crippen MR) is 97.6 cm³/mol. The van der Waals surface area contributed by atoms with Crippen molar-refractivity contribution in [3.05, 3.63) is 82.0 Å². The minimum Gasteiger partial charge on any atom is -0.480 e. The lowest BCUT2D eigenvalue weighted by Crippen LogP contribution is -2.40. The van der Waals surface area contributed by atoms with Gasteiger partial charge in [-0.25, -0.2) is 0 Å². The third-order valence-corrected chi connectivity index (χ3v) is 5.57. The average Bonchev–Trinajstić information content (AvgIpc) is 3.21. The van der Waals surface area contributed by atoms with Crippen LogP contribution in [0.3, 0.4) is 0 Å². The number of hydrogen-bond acceptors (Lipinski definition) is 4. The summed E-state index contributed by atoms with van der Waals surface area (Å²) in [6, 6.07) is 19.0. The van der Waals surface area contributed by atoms with Crippen LogP contribution in [0.2, 0.25) is 0 Å². The Labute approximate surface area is 149 Å². The van der Waals surface area contributed by atoms with E-state index in [9.17, 15) is 4.79 Å². The van der Waals surface area contributed by atoms with E-state index in [2.05, 4.69) is 12.1 Å². The molecule has 3 N–H and O–H groups in total. The Morgan fingerprint density at radius 3 is 2.56 bits per heavy atom. The monoisotopic (exact) mass is 351 g/mol. The summed E-state index contributed by atoms with van der Waals surface area (Å²) < 4.78 is 6.32. The molecule has 0 amide bonds. The number of carboxylic acids is 1. The van der Waals surface area contributed by atoms with Crippen molar-refractivity contribution in [2.45, 2.75) is 11.6 Å². The van der Waals surface area contributed by atoms with Gasteiger partial charge in [0, 0.05) is 5.56 Å². The van der Waals surface area contributed by atoms with Crippen LogP contribution in [0.15, 0.2) is 66.0 Å². The maximum Gasteiger partial charge on any atom is 0.322 e. The second-order valence-corrected chi connectivity index (χ2v) is 6.93. The number of carboxylic acid groups (broad SMARTS) is 1. The van der Waals surface area contributed by atoms with Crippen LogP contribution >= 0.6 is 11.3 Å². The molecule has 1 aliphatic carbocycles. The van der Waals surface area contributed by atoms with Crippen LogP contribution in [0.4, 0.5) is 0 Å². The van der Waals surface area contributed by atoms with E-state index in [0.29, 0.717) is 0 Å². The Morgan fingerprint density at radius 2 is 1.80 bits per heavy atom. The zero-order valence-electron chi connectivity index (χ0n) is 13.4. The van der Waals surface area contributed by atoms with E-state index in [0.717, 1.165) is 27.1 Å². The zero-order chi connectivity index (χ0) is 17.4. The topological polar surface area (TPSA) is 72.5 Å². The van der Waals surface area contributed by atoms with Gasteiger partial charge in [-0.3, -0.25) is 4.79 Å². The molecule has 0 spiro atoms. The van der Waals surface area contributed by atoms with Gasteiger partial charge in [0.1, 0.15) is 6.04 Å². The molecule has 2 atom stereocenters. The molecule has 0 bridgehead atoms. The van der Waals surface area contributed by atoms with Crippen molar-refractivity contribution in [3.63, 3.8) is 0 Å². The highest BCUT2D eigenvalue weighted by atomic mass is 32.1. The lowest BCUT2D eigenvalue weighted by atomic mass is 9.87. The van der Waals surface area contributed by atoms with Gasteiger partial charge in [0.05, 0.1) is 11.5 Å². The molecule has 25 heavy (non-hydrogen) atoms. The third kappa shape index (κ3) is 2.40. The van der Waals surface area contributed by atoms with Crippen molar-refractivity contribution in [1.82, 2.24) is 0 Å². The number of nitrogens with two attached hydrogens (primary N) is 1. The third-order valence-electron chi connectivity index (χ3n) is 4.56.